The van der Waals surface area contributed by atoms with Crippen molar-refractivity contribution in [2.24, 2.45) is 0 Å². The topological polar surface area (TPSA) is 94.0 Å². The number of carboxylic acid groups (broad SMARTS) is 1. The molecule has 0 unspecified atom stereocenters. The van der Waals surface area contributed by atoms with Gasteiger partial charge in [-0.1, -0.05) is 23.4 Å². The van der Waals surface area contributed by atoms with Crippen molar-refractivity contribution in [3.05, 3.63) is 29.0 Å². The fraction of sp³-hybridized carbons (Fsp3) is 0.100. The highest BCUT2D eigenvalue weighted by atomic mass is 35.5. The lowest BCUT2D eigenvalue weighted by atomic mass is 10.2. The molecular formula is C10H8ClFN4O2S. The van der Waals surface area contributed by atoms with Crippen LogP contribution in [-0.4, -0.2) is 31.7 Å². The fourth-order valence-electron chi connectivity index (χ4n) is 1.36. The SMILES string of the molecule is Nn1c(SCC(=O)O)nnc1-c1ccc(F)cc1Cl. The molecule has 0 aliphatic carbocycles. The third-order valence-electron chi connectivity index (χ3n) is 2.16. The molecule has 0 aliphatic rings. The third-order valence-corrected chi connectivity index (χ3v) is 3.40. The monoisotopic (exact) mass is 302 g/mol. The zero-order valence-electron chi connectivity index (χ0n) is 9.38. The largest absolute Gasteiger partial charge is 0.481 e. The van der Waals surface area contributed by atoms with Crippen molar-refractivity contribution in [1.82, 2.24) is 14.9 Å². The molecule has 100 valence electrons. The molecule has 1 aromatic carbocycles. The van der Waals surface area contributed by atoms with Gasteiger partial charge < -0.3 is 10.9 Å². The number of nitrogens with two attached hydrogens (primary N) is 1. The predicted molar refractivity (Wildman–Crippen MR) is 68.9 cm³/mol. The lowest BCUT2D eigenvalue weighted by Gasteiger charge is -2.04. The minimum absolute atomic E-state index is 0.147. The van der Waals surface area contributed by atoms with Crippen LogP contribution in [0.25, 0.3) is 11.4 Å². The first-order valence-electron chi connectivity index (χ1n) is 4.99. The first-order valence-corrected chi connectivity index (χ1v) is 6.36. The summed E-state index contributed by atoms with van der Waals surface area (Å²) in [6.45, 7) is 0. The van der Waals surface area contributed by atoms with Crippen molar-refractivity contribution in [1.29, 1.82) is 0 Å². The highest BCUT2D eigenvalue weighted by molar-refractivity contribution is 7.99. The summed E-state index contributed by atoms with van der Waals surface area (Å²) in [6, 6.07) is 3.78. The van der Waals surface area contributed by atoms with Crippen molar-refractivity contribution in [2.75, 3.05) is 11.6 Å². The van der Waals surface area contributed by atoms with Crippen LogP contribution in [0.15, 0.2) is 23.4 Å². The van der Waals surface area contributed by atoms with Gasteiger partial charge in [0.2, 0.25) is 5.16 Å². The second-order valence-electron chi connectivity index (χ2n) is 3.48. The van der Waals surface area contributed by atoms with Gasteiger partial charge in [0, 0.05) is 5.56 Å². The van der Waals surface area contributed by atoms with E-state index in [1.54, 1.807) is 0 Å². The van der Waals surface area contributed by atoms with Gasteiger partial charge in [-0.15, -0.1) is 10.2 Å². The summed E-state index contributed by atoms with van der Waals surface area (Å²) in [7, 11) is 0. The molecule has 0 spiro atoms. The molecule has 9 heteroatoms. The molecule has 0 saturated carbocycles. The van der Waals surface area contributed by atoms with E-state index in [9.17, 15) is 9.18 Å². The van der Waals surface area contributed by atoms with Gasteiger partial charge in [0.1, 0.15) is 5.82 Å². The van der Waals surface area contributed by atoms with Crippen LogP contribution < -0.4 is 5.84 Å². The molecule has 0 bridgehead atoms. The Labute approximate surface area is 116 Å². The molecule has 0 aliphatic heterocycles. The van der Waals surface area contributed by atoms with E-state index in [2.05, 4.69) is 10.2 Å². The van der Waals surface area contributed by atoms with Crippen LogP contribution in [0.1, 0.15) is 0 Å². The Hall–Kier alpha value is -1.80. The normalized spacial score (nSPS) is 10.6. The molecule has 0 atom stereocenters. The van der Waals surface area contributed by atoms with E-state index < -0.39 is 11.8 Å². The first-order chi connectivity index (χ1) is 8.99. The third kappa shape index (κ3) is 2.96. The van der Waals surface area contributed by atoms with Crippen molar-refractivity contribution < 1.29 is 14.3 Å². The Morgan fingerprint density at radius 1 is 1.53 bits per heavy atom. The van der Waals surface area contributed by atoms with Crippen molar-refractivity contribution in [2.45, 2.75) is 5.16 Å². The molecule has 1 aromatic heterocycles. The van der Waals surface area contributed by atoms with E-state index in [0.29, 0.717) is 5.56 Å². The second-order valence-corrected chi connectivity index (χ2v) is 4.83. The fourth-order valence-corrected chi connectivity index (χ4v) is 2.18. The molecule has 0 amide bonds. The molecule has 3 N–H and O–H groups in total. The average molecular weight is 303 g/mol. The zero-order chi connectivity index (χ0) is 14.0. The molecule has 0 fully saturated rings. The zero-order valence-corrected chi connectivity index (χ0v) is 11.0. The number of thioether (sulfide) groups is 1. The minimum Gasteiger partial charge on any atom is -0.481 e. The minimum atomic E-state index is -0.991. The van der Waals surface area contributed by atoms with E-state index in [-0.39, 0.29) is 21.8 Å². The Kier molecular flexibility index (Phi) is 3.91. The van der Waals surface area contributed by atoms with Gasteiger partial charge in [0.25, 0.3) is 0 Å². The van der Waals surface area contributed by atoms with E-state index in [4.69, 9.17) is 22.6 Å². The van der Waals surface area contributed by atoms with Gasteiger partial charge in [0.15, 0.2) is 5.82 Å². The number of aliphatic carboxylic acids is 1. The Morgan fingerprint density at radius 2 is 2.26 bits per heavy atom. The summed E-state index contributed by atoms with van der Waals surface area (Å²) in [6.07, 6.45) is 0. The van der Waals surface area contributed by atoms with Crippen molar-refractivity contribution in [3.8, 4) is 11.4 Å². The number of aromatic nitrogens is 3. The number of carbonyl (C=O) groups is 1. The summed E-state index contributed by atoms with van der Waals surface area (Å²) >= 11 is 6.82. The van der Waals surface area contributed by atoms with Crippen LogP contribution in [0.3, 0.4) is 0 Å². The average Bonchev–Trinajstić information content (AvgIpc) is 2.68. The highest BCUT2D eigenvalue weighted by Gasteiger charge is 2.16. The molecule has 1 heterocycles. The number of hydrogen-bond donors (Lipinski definition) is 2. The maximum Gasteiger partial charge on any atom is 0.313 e. The quantitative estimate of drug-likeness (QED) is 0.658. The molecular weight excluding hydrogens is 295 g/mol. The molecule has 2 aromatic rings. The van der Waals surface area contributed by atoms with Gasteiger partial charge in [-0.05, 0) is 18.2 Å². The predicted octanol–water partition coefficient (Wildman–Crippen LogP) is 1.63. The maximum absolute atomic E-state index is 13.0. The summed E-state index contributed by atoms with van der Waals surface area (Å²) < 4.78 is 14.1. The lowest BCUT2D eigenvalue weighted by molar-refractivity contribution is -0.133. The molecule has 19 heavy (non-hydrogen) atoms. The van der Waals surface area contributed by atoms with Gasteiger partial charge in [-0.25, -0.2) is 9.07 Å². The number of benzene rings is 1. The summed E-state index contributed by atoms with van der Waals surface area (Å²) in [5, 5.41) is 16.5. The number of hydrogen-bond acceptors (Lipinski definition) is 5. The van der Waals surface area contributed by atoms with Gasteiger partial charge in [0.05, 0.1) is 10.8 Å². The van der Waals surface area contributed by atoms with Crippen LogP contribution in [0.2, 0.25) is 5.02 Å². The van der Waals surface area contributed by atoms with Crippen molar-refractivity contribution in [3.63, 3.8) is 0 Å². The van der Waals surface area contributed by atoms with E-state index in [1.807, 2.05) is 0 Å². The second kappa shape index (κ2) is 5.45. The van der Waals surface area contributed by atoms with Gasteiger partial charge in [-0.2, -0.15) is 0 Å². The van der Waals surface area contributed by atoms with Gasteiger partial charge >= 0.3 is 5.97 Å². The standard InChI is InChI=1S/C10H8ClFN4O2S/c11-7-3-5(12)1-2-6(7)9-14-15-10(16(9)13)19-4-8(17)18/h1-3H,4,13H2,(H,17,18). The van der Waals surface area contributed by atoms with Crippen LogP contribution in [0.4, 0.5) is 4.39 Å². The van der Waals surface area contributed by atoms with E-state index >= 15 is 0 Å². The summed E-state index contributed by atoms with van der Waals surface area (Å²) in [5.41, 5.74) is 0.417. The maximum atomic E-state index is 13.0. The number of nitrogens with zero attached hydrogens (tertiary/aromatic N) is 3. The van der Waals surface area contributed by atoms with Crippen LogP contribution in [0, 0.1) is 5.82 Å². The smallest absolute Gasteiger partial charge is 0.313 e. The Bertz CT molecular complexity index is 634. The van der Waals surface area contributed by atoms with Crippen LogP contribution in [0.5, 0.6) is 0 Å². The number of rotatable bonds is 4. The molecule has 0 saturated heterocycles. The number of nitrogen functional groups attached to an aromatic ring is 1. The highest BCUT2D eigenvalue weighted by Crippen LogP contribution is 2.28. The van der Waals surface area contributed by atoms with Crippen molar-refractivity contribution >= 4 is 29.3 Å². The van der Waals surface area contributed by atoms with E-state index in [1.165, 1.54) is 12.1 Å². The number of carboxylic acids is 1. The molecule has 6 nitrogen and oxygen atoms in total. The first kappa shape index (κ1) is 13.6. The van der Waals surface area contributed by atoms with Gasteiger partial charge in [-0.3, -0.25) is 4.79 Å². The lowest BCUT2D eigenvalue weighted by Crippen LogP contribution is -2.12. The Morgan fingerprint density at radius 3 is 2.89 bits per heavy atom. The summed E-state index contributed by atoms with van der Waals surface area (Å²) in [4.78, 5) is 10.5. The number of halogens is 2. The van der Waals surface area contributed by atoms with Crippen LogP contribution in [-0.2, 0) is 4.79 Å². The molecule has 2 rings (SSSR count). The Balaban J connectivity index is 2.33. The van der Waals surface area contributed by atoms with E-state index in [0.717, 1.165) is 22.5 Å². The molecule has 0 radical (unpaired) electrons. The summed E-state index contributed by atoms with van der Waals surface area (Å²) in [5.74, 6) is 4.33. The van der Waals surface area contributed by atoms with Crippen LogP contribution >= 0.6 is 23.4 Å².